The van der Waals surface area contributed by atoms with Crippen molar-refractivity contribution in [3.63, 3.8) is 0 Å². The van der Waals surface area contributed by atoms with Crippen LogP contribution in [0, 0.1) is 29.3 Å². The van der Waals surface area contributed by atoms with E-state index < -0.39 is 11.6 Å². The fourth-order valence-electron chi connectivity index (χ4n) is 6.06. The number of rotatable bonds is 9. The Bertz CT molecular complexity index is 956. The van der Waals surface area contributed by atoms with Gasteiger partial charge in [-0.2, -0.15) is 0 Å². The van der Waals surface area contributed by atoms with Gasteiger partial charge in [0, 0.05) is 0 Å². The first-order valence-corrected chi connectivity index (χ1v) is 13.8. The Kier molecular flexibility index (Phi) is 9.19. The third kappa shape index (κ3) is 6.62. The van der Waals surface area contributed by atoms with Crippen molar-refractivity contribution in [2.75, 3.05) is 6.61 Å². The van der Waals surface area contributed by atoms with Crippen molar-refractivity contribution in [1.29, 1.82) is 0 Å². The number of unbranched alkanes of at least 4 members (excludes halogenated alkanes) is 1. The fourth-order valence-corrected chi connectivity index (χ4v) is 6.06. The second-order valence-corrected chi connectivity index (χ2v) is 11.1. The van der Waals surface area contributed by atoms with E-state index in [1.807, 2.05) is 18.2 Å². The molecule has 0 unspecified atom stereocenters. The van der Waals surface area contributed by atoms with Gasteiger partial charge in [0.1, 0.15) is 0 Å². The Morgan fingerprint density at radius 2 is 1.40 bits per heavy atom. The van der Waals surface area contributed by atoms with Crippen LogP contribution in [0.1, 0.15) is 113 Å². The molecule has 4 rings (SSSR count). The van der Waals surface area contributed by atoms with Gasteiger partial charge in [0.2, 0.25) is 0 Å². The van der Waals surface area contributed by atoms with Crippen molar-refractivity contribution in [1.82, 2.24) is 0 Å². The summed E-state index contributed by atoms with van der Waals surface area (Å²) < 4.78 is 49.9. The number of hydrogen-bond donors (Lipinski definition) is 0. The van der Waals surface area contributed by atoms with E-state index in [9.17, 15) is 4.39 Å². The Labute approximate surface area is 209 Å². The molecule has 2 aliphatic rings. The Morgan fingerprint density at radius 3 is 1.97 bits per heavy atom. The van der Waals surface area contributed by atoms with Crippen LogP contribution in [-0.4, -0.2) is 6.61 Å². The van der Waals surface area contributed by atoms with Crippen LogP contribution in [0.3, 0.4) is 0 Å². The van der Waals surface area contributed by atoms with Crippen molar-refractivity contribution in [3.05, 3.63) is 64.5 Å². The maximum absolute atomic E-state index is 15.1. The second kappa shape index (κ2) is 12.3. The van der Waals surface area contributed by atoms with Gasteiger partial charge in [-0.3, -0.25) is 0 Å². The minimum absolute atomic E-state index is 0.0955. The zero-order chi connectivity index (χ0) is 24.8. The third-order valence-electron chi connectivity index (χ3n) is 8.48. The average molecular weight is 487 g/mol. The van der Waals surface area contributed by atoms with Crippen LogP contribution in [0.25, 0.3) is 0 Å². The van der Waals surface area contributed by atoms with Crippen LogP contribution in [-0.2, 0) is 6.42 Å². The van der Waals surface area contributed by atoms with E-state index in [0.29, 0.717) is 35.3 Å². The average Bonchev–Trinajstić information content (AvgIpc) is 2.87. The minimum Gasteiger partial charge on any atom is -0.491 e. The molecular formula is C31H41F3O. The second-order valence-electron chi connectivity index (χ2n) is 11.1. The first kappa shape index (κ1) is 26.1. The highest BCUT2D eigenvalue weighted by Gasteiger charge is 2.29. The highest BCUT2D eigenvalue weighted by Crippen LogP contribution is 2.42. The lowest BCUT2D eigenvalue weighted by Crippen LogP contribution is -2.17. The van der Waals surface area contributed by atoms with Gasteiger partial charge in [-0.25, -0.2) is 13.2 Å². The first-order chi connectivity index (χ1) is 17.0. The molecule has 0 bridgehead atoms. The third-order valence-corrected chi connectivity index (χ3v) is 8.48. The molecule has 0 N–H and O–H groups in total. The van der Waals surface area contributed by atoms with Gasteiger partial charge >= 0.3 is 0 Å². The Hall–Kier alpha value is -1.97. The van der Waals surface area contributed by atoms with E-state index in [1.54, 1.807) is 12.1 Å². The molecule has 0 atom stereocenters. The predicted molar refractivity (Wildman–Crippen MR) is 137 cm³/mol. The molecule has 2 aromatic rings. The van der Waals surface area contributed by atoms with Crippen molar-refractivity contribution >= 4 is 0 Å². The lowest BCUT2D eigenvalue weighted by atomic mass is 9.75. The summed E-state index contributed by atoms with van der Waals surface area (Å²) in [4.78, 5) is 0. The molecule has 0 aliphatic heterocycles. The van der Waals surface area contributed by atoms with Crippen LogP contribution in [0.15, 0.2) is 30.3 Å². The van der Waals surface area contributed by atoms with E-state index in [2.05, 4.69) is 13.8 Å². The lowest BCUT2D eigenvalue weighted by Gasteiger charge is -2.30. The van der Waals surface area contributed by atoms with Crippen LogP contribution in [0.5, 0.6) is 5.75 Å². The fraction of sp³-hybridized carbons (Fsp3) is 0.613. The monoisotopic (exact) mass is 486 g/mol. The molecule has 2 fully saturated rings. The summed E-state index contributed by atoms with van der Waals surface area (Å²) in [7, 11) is 0. The lowest BCUT2D eigenvalue weighted by molar-refractivity contribution is 0.293. The number of ether oxygens (including phenoxy) is 1. The summed E-state index contributed by atoms with van der Waals surface area (Å²) in [5.41, 5.74) is 2.14. The number of aryl methyl sites for hydroxylation is 1. The summed E-state index contributed by atoms with van der Waals surface area (Å²) in [6.45, 7) is 4.87. The summed E-state index contributed by atoms with van der Waals surface area (Å²) in [6, 6.07) is 9.03. The van der Waals surface area contributed by atoms with Crippen LogP contribution in [0.2, 0.25) is 0 Å². The molecule has 35 heavy (non-hydrogen) atoms. The van der Waals surface area contributed by atoms with Gasteiger partial charge in [-0.1, -0.05) is 51.3 Å². The van der Waals surface area contributed by atoms with Gasteiger partial charge in [0.15, 0.2) is 23.2 Å². The molecule has 4 heteroatoms. The Balaban J connectivity index is 1.28. The SMILES string of the molecule is CCCCOc1ccc(CCC2CCC(c3ccc(C4CCC(C)CC4)c(F)c3F)CC2)cc1F. The van der Waals surface area contributed by atoms with Crippen molar-refractivity contribution in [2.45, 2.75) is 103 Å². The van der Waals surface area contributed by atoms with E-state index >= 15 is 8.78 Å². The molecule has 0 radical (unpaired) electrons. The van der Waals surface area contributed by atoms with Gasteiger partial charge < -0.3 is 4.74 Å². The quantitative estimate of drug-likeness (QED) is 0.321. The largest absolute Gasteiger partial charge is 0.491 e. The minimum atomic E-state index is -0.610. The molecule has 0 aromatic heterocycles. The normalized spacial score (nSPS) is 24.9. The van der Waals surface area contributed by atoms with Gasteiger partial charge in [-0.05, 0) is 110 Å². The molecule has 192 valence electrons. The van der Waals surface area contributed by atoms with E-state index in [4.69, 9.17) is 4.74 Å². The van der Waals surface area contributed by atoms with Gasteiger partial charge in [-0.15, -0.1) is 0 Å². The van der Waals surface area contributed by atoms with Crippen LogP contribution >= 0.6 is 0 Å². The molecule has 0 heterocycles. The molecule has 0 saturated heterocycles. The molecule has 2 saturated carbocycles. The zero-order valence-electron chi connectivity index (χ0n) is 21.4. The Morgan fingerprint density at radius 1 is 0.800 bits per heavy atom. The number of hydrogen-bond acceptors (Lipinski definition) is 1. The predicted octanol–water partition coefficient (Wildman–Crippen LogP) is 9.48. The topological polar surface area (TPSA) is 9.23 Å². The summed E-state index contributed by atoms with van der Waals surface area (Å²) in [6.07, 6.45) is 11.7. The molecule has 0 spiro atoms. The van der Waals surface area contributed by atoms with E-state index in [-0.39, 0.29) is 17.7 Å². The number of halogens is 3. The van der Waals surface area contributed by atoms with Crippen LogP contribution < -0.4 is 4.74 Å². The highest BCUT2D eigenvalue weighted by molar-refractivity contribution is 5.32. The van der Waals surface area contributed by atoms with Crippen molar-refractivity contribution in [2.24, 2.45) is 11.8 Å². The number of benzene rings is 2. The highest BCUT2D eigenvalue weighted by atomic mass is 19.2. The summed E-state index contributed by atoms with van der Waals surface area (Å²) in [5, 5.41) is 0. The molecular weight excluding hydrogens is 445 g/mol. The maximum atomic E-state index is 15.1. The molecule has 2 aliphatic carbocycles. The van der Waals surface area contributed by atoms with Gasteiger partial charge in [0.05, 0.1) is 6.61 Å². The smallest absolute Gasteiger partial charge is 0.165 e. The first-order valence-electron chi connectivity index (χ1n) is 13.8. The van der Waals surface area contributed by atoms with E-state index in [1.165, 1.54) is 0 Å². The van der Waals surface area contributed by atoms with Crippen LogP contribution in [0.4, 0.5) is 13.2 Å². The molecule has 1 nitrogen and oxygen atoms in total. The maximum Gasteiger partial charge on any atom is 0.165 e. The summed E-state index contributed by atoms with van der Waals surface area (Å²) >= 11 is 0. The zero-order valence-corrected chi connectivity index (χ0v) is 21.4. The molecule has 2 aromatic carbocycles. The summed E-state index contributed by atoms with van der Waals surface area (Å²) in [5.74, 6) is 0.329. The van der Waals surface area contributed by atoms with Crippen molar-refractivity contribution < 1.29 is 17.9 Å². The van der Waals surface area contributed by atoms with Gasteiger partial charge in [0.25, 0.3) is 0 Å². The molecule has 0 amide bonds. The van der Waals surface area contributed by atoms with Crippen molar-refractivity contribution in [3.8, 4) is 5.75 Å². The standard InChI is InChI=1S/C31H41F3O/c1-3-4-19-35-29-18-11-23(20-28(29)32)8-7-22-9-14-25(15-10-22)27-17-16-26(30(33)31(27)34)24-12-5-21(2)6-13-24/h11,16-18,20-22,24-25H,3-10,12-15,19H2,1-2H3. The van der Waals surface area contributed by atoms with E-state index in [0.717, 1.165) is 82.6 Å².